The molecule has 0 atom stereocenters. The molecule has 20 heavy (non-hydrogen) atoms. The van der Waals surface area contributed by atoms with Crippen LogP contribution >= 0.6 is 0 Å². The van der Waals surface area contributed by atoms with Crippen LogP contribution in [0.25, 0.3) is 0 Å². The number of carbonyl (C=O) groups excluding carboxylic acids is 3. The lowest BCUT2D eigenvalue weighted by atomic mass is 10.1. The van der Waals surface area contributed by atoms with E-state index in [9.17, 15) is 14.4 Å². The van der Waals surface area contributed by atoms with Gasteiger partial charge >= 0.3 is 5.97 Å². The first-order chi connectivity index (χ1) is 9.58. The lowest BCUT2D eigenvalue weighted by Gasteiger charge is -2.15. The second kappa shape index (κ2) is 5.73. The number of esters is 1. The SMILES string of the molecule is CCOC(=O)CCN1C(=O)C(=O)c2cc(OC)ccc21. The van der Waals surface area contributed by atoms with Crippen molar-refractivity contribution in [1.29, 1.82) is 0 Å². The van der Waals surface area contributed by atoms with Crippen LogP contribution in [0.15, 0.2) is 18.2 Å². The summed E-state index contributed by atoms with van der Waals surface area (Å²) in [5.74, 6) is -1.09. The van der Waals surface area contributed by atoms with Crippen molar-refractivity contribution in [3.05, 3.63) is 23.8 Å². The molecule has 0 radical (unpaired) electrons. The van der Waals surface area contributed by atoms with Crippen molar-refractivity contribution >= 4 is 23.3 Å². The zero-order valence-electron chi connectivity index (χ0n) is 11.3. The molecule has 1 aromatic carbocycles. The van der Waals surface area contributed by atoms with Gasteiger partial charge in [0.15, 0.2) is 0 Å². The number of hydrogen-bond donors (Lipinski definition) is 0. The van der Waals surface area contributed by atoms with Crippen LogP contribution in [0.4, 0.5) is 5.69 Å². The van der Waals surface area contributed by atoms with E-state index in [2.05, 4.69) is 0 Å². The summed E-state index contributed by atoms with van der Waals surface area (Å²) in [7, 11) is 1.49. The zero-order valence-corrected chi connectivity index (χ0v) is 11.3. The first-order valence-corrected chi connectivity index (χ1v) is 6.28. The van der Waals surface area contributed by atoms with E-state index in [-0.39, 0.29) is 13.0 Å². The number of amides is 1. The summed E-state index contributed by atoms with van der Waals surface area (Å²) in [6.07, 6.45) is 0.0539. The Bertz CT molecular complexity index is 567. The molecule has 0 saturated carbocycles. The van der Waals surface area contributed by atoms with E-state index in [1.807, 2.05) is 0 Å². The molecule has 1 aliphatic rings. The van der Waals surface area contributed by atoms with Crippen LogP contribution in [-0.4, -0.2) is 37.9 Å². The van der Waals surface area contributed by atoms with Crippen LogP contribution in [0.2, 0.25) is 0 Å². The van der Waals surface area contributed by atoms with Crippen LogP contribution in [0, 0.1) is 0 Å². The number of carbonyl (C=O) groups is 3. The normalized spacial score (nSPS) is 13.4. The molecule has 0 spiro atoms. The van der Waals surface area contributed by atoms with Gasteiger partial charge in [0, 0.05) is 6.54 Å². The minimum absolute atomic E-state index is 0.0539. The fourth-order valence-electron chi connectivity index (χ4n) is 2.06. The number of hydrogen-bond acceptors (Lipinski definition) is 5. The maximum absolute atomic E-state index is 11.9. The molecule has 0 fully saturated rings. The maximum atomic E-state index is 11.9. The quantitative estimate of drug-likeness (QED) is 0.597. The lowest BCUT2D eigenvalue weighted by molar-refractivity contribution is -0.142. The predicted octanol–water partition coefficient (Wildman–Crippen LogP) is 1.18. The third-order valence-corrected chi connectivity index (χ3v) is 3.02. The molecular weight excluding hydrogens is 262 g/mol. The van der Waals surface area contributed by atoms with Crippen LogP contribution in [-0.2, 0) is 14.3 Å². The molecule has 0 aromatic heterocycles. The molecular formula is C14H15NO5. The summed E-state index contributed by atoms with van der Waals surface area (Å²) in [4.78, 5) is 36.4. The average Bonchev–Trinajstić information content (AvgIpc) is 2.69. The van der Waals surface area contributed by atoms with E-state index in [0.29, 0.717) is 23.6 Å². The van der Waals surface area contributed by atoms with Gasteiger partial charge in [-0.05, 0) is 25.1 Å². The molecule has 1 amide bonds. The topological polar surface area (TPSA) is 72.9 Å². The van der Waals surface area contributed by atoms with Gasteiger partial charge in [-0.2, -0.15) is 0 Å². The number of anilines is 1. The highest BCUT2D eigenvalue weighted by Crippen LogP contribution is 2.32. The molecule has 1 aromatic rings. The Kier molecular flexibility index (Phi) is 4.02. The van der Waals surface area contributed by atoms with Gasteiger partial charge in [0.05, 0.1) is 31.4 Å². The third kappa shape index (κ3) is 2.49. The van der Waals surface area contributed by atoms with Crippen LogP contribution < -0.4 is 9.64 Å². The molecule has 0 bridgehead atoms. The molecule has 106 valence electrons. The number of nitrogens with zero attached hydrogens (tertiary/aromatic N) is 1. The first-order valence-electron chi connectivity index (χ1n) is 6.28. The standard InChI is InChI=1S/C14H15NO5/c1-3-20-12(16)6-7-15-11-5-4-9(19-2)8-10(11)13(17)14(15)18/h4-5,8H,3,6-7H2,1-2H3. The van der Waals surface area contributed by atoms with Crippen molar-refractivity contribution in [2.75, 3.05) is 25.2 Å². The smallest absolute Gasteiger partial charge is 0.307 e. The highest BCUT2D eigenvalue weighted by Gasteiger charge is 2.36. The Hall–Kier alpha value is -2.37. The number of rotatable bonds is 5. The summed E-state index contributed by atoms with van der Waals surface area (Å²) >= 11 is 0. The Labute approximate surface area is 116 Å². The van der Waals surface area contributed by atoms with Gasteiger partial charge in [-0.3, -0.25) is 14.4 Å². The van der Waals surface area contributed by atoms with Crippen LogP contribution in [0.5, 0.6) is 5.75 Å². The Morgan fingerprint density at radius 2 is 2.05 bits per heavy atom. The van der Waals surface area contributed by atoms with E-state index in [0.717, 1.165) is 0 Å². The molecule has 1 heterocycles. The largest absolute Gasteiger partial charge is 0.497 e. The van der Waals surface area contributed by atoms with Crippen LogP contribution in [0.3, 0.4) is 0 Å². The fraction of sp³-hybridized carbons (Fsp3) is 0.357. The summed E-state index contributed by atoms with van der Waals surface area (Å²) < 4.78 is 9.84. The average molecular weight is 277 g/mol. The zero-order chi connectivity index (χ0) is 14.7. The minimum atomic E-state index is -0.627. The van der Waals surface area contributed by atoms with E-state index < -0.39 is 17.7 Å². The Morgan fingerprint density at radius 3 is 2.70 bits per heavy atom. The van der Waals surface area contributed by atoms with Gasteiger partial charge in [0.2, 0.25) is 0 Å². The van der Waals surface area contributed by atoms with E-state index >= 15 is 0 Å². The van der Waals surface area contributed by atoms with Crippen molar-refractivity contribution in [1.82, 2.24) is 0 Å². The molecule has 0 N–H and O–H groups in total. The third-order valence-electron chi connectivity index (χ3n) is 3.02. The number of ether oxygens (including phenoxy) is 2. The Morgan fingerprint density at radius 1 is 1.30 bits per heavy atom. The second-order valence-electron chi connectivity index (χ2n) is 4.22. The van der Waals surface area contributed by atoms with Gasteiger partial charge < -0.3 is 14.4 Å². The highest BCUT2D eigenvalue weighted by atomic mass is 16.5. The van der Waals surface area contributed by atoms with Crippen molar-refractivity contribution in [3.8, 4) is 5.75 Å². The van der Waals surface area contributed by atoms with Gasteiger partial charge in [-0.1, -0.05) is 0 Å². The molecule has 0 aliphatic carbocycles. The number of fused-ring (bicyclic) bond motifs is 1. The summed E-state index contributed by atoms with van der Waals surface area (Å²) in [5.41, 5.74) is 0.809. The van der Waals surface area contributed by atoms with Gasteiger partial charge in [-0.15, -0.1) is 0 Å². The van der Waals surface area contributed by atoms with E-state index in [1.54, 1.807) is 19.1 Å². The first kappa shape index (κ1) is 14.0. The number of benzene rings is 1. The number of methoxy groups -OCH3 is 1. The van der Waals surface area contributed by atoms with Crippen molar-refractivity contribution < 1.29 is 23.9 Å². The van der Waals surface area contributed by atoms with E-state index in [1.165, 1.54) is 18.1 Å². The molecule has 6 heteroatoms. The number of Topliss-reactive ketones (excluding diaryl/α,β-unsaturated/α-hetero) is 1. The van der Waals surface area contributed by atoms with Gasteiger partial charge in [0.25, 0.3) is 11.7 Å². The summed E-state index contributed by atoms with van der Waals surface area (Å²) in [5, 5.41) is 0. The Balaban J connectivity index is 2.18. The molecule has 6 nitrogen and oxygen atoms in total. The summed E-state index contributed by atoms with van der Waals surface area (Å²) in [6.45, 7) is 2.13. The van der Waals surface area contributed by atoms with Crippen molar-refractivity contribution in [3.63, 3.8) is 0 Å². The molecule has 0 unspecified atom stereocenters. The van der Waals surface area contributed by atoms with E-state index in [4.69, 9.17) is 9.47 Å². The van der Waals surface area contributed by atoms with Crippen molar-refractivity contribution in [2.45, 2.75) is 13.3 Å². The maximum Gasteiger partial charge on any atom is 0.307 e. The van der Waals surface area contributed by atoms with Crippen LogP contribution in [0.1, 0.15) is 23.7 Å². The monoisotopic (exact) mass is 277 g/mol. The highest BCUT2D eigenvalue weighted by molar-refractivity contribution is 6.52. The lowest BCUT2D eigenvalue weighted by Crippen LogP contribution is -2.32. The predicted molar refractivity (Wildman–Crippen MR) is 70.9 cm³/mol. The fourth-order valence-corrected chi connectivity index (χ4v) is 2.06. The summed E-state index contributed by atoms with van der Waals surface area (Å²) in [6, 6.07) is 4.84. The molecule has 2 rings (SSSR count). The van der Waals surface area contributed by atoms with Gasteiger partial charge in [0.1, 0.15) is 5.75 Å². The second-order valence-corrected chi connectivity index (χ2v) is 4.22. The molecule has 0 saturated heterocycles. The van der Waals surface area contributed by atoms with Crippen molar-refractivity contribution in [2.24, 2.45) is 0 Å². The number of ketones is 1. The minimum Gasteiger partial charge on any atom is -0.497 e. The van der Waals surface area contributed by atoms with Gasteiger partial charge in [-0.25, -0.2) is 0 Å². The molecule has 1 aliphatic heterocycles.